The summed E-state index contributed by atoms with van der Waals surface area (Å²) < 4.78 is 38.4. The van der Waals surface area contributed by atoms with E-state index in [1.165, 1.54) is 6.08 Å². The average molecular weight is 255 g/mol. The maximum atomic E-state index is 11.7. The van der Waals surface area contributed by atoms with E-state index >= 15 is 0 Å². The van der Waals surface area contributed by atoms with Gasteiger partial charge in [0.1, 0.15) is 0 Å². The van der Waals surface area contributed by atoms with Gasteiger partial charge in [-0.3, -0.25) is 0 Å². The molecule has 2 rings (SSSR count). The first-order chi connectivity index (χ1) is 8.46. The molecule has 94 valence electrons. The van der Waals surface area contributed by atoms with Crippen molar-refractivity contribution in [1.29, 1.82) is 0 Å². The second-order valence-electron chi connectivity index (χ2n) is 3.49. The van der Waals surface area contributed by atoms with Gasteiger partial charge in [-0.25, -0.2) is 4.79 Å². The fraction of sp³-hybridized carbons (Fsp3) is 0.0833. The Bertz CT molecular complexity index is 599. The van der Waals surface area contributed by atoms with E-state index in [1.807, 2.05) is 12.1 Å². The normalized spacial score (nSPS) is 12.2. The maximum absolute atomic E-state index is 11.7. The number of H-pyrrole nitrogens is 1. The number of alkyl halides is 3. The fourth-order valence-electron chi connectivity index (χ4n) is 1.54. The highest BCUT2D eigenvalue weighted by atomic mass is 19.4. The third-order valence-electron chi connectivity index (χ3n) is 2.24. The van der Waals surface area contributed by atoms with Crippen LogP contribution in [-0.4, -0.2) is 17.3 Å². The zero-order valence-electron chi connectivity index (χ0n) is 8.99. The lowest BCUT2D eigenvalue weighted by Crippen LogP contribution is -2.17. The van der Waals surface area contributed by atoms with Gasteiger partial charge in [-0.2, -0.15) is 0 Å². The molecule has 0 bridgehead atoms. The molecule has 0 radical (unpaired) electrons. The number of nitrogens with one attached hydrogen (secondary N) is 1. The molecule has 1 aromatic heterocycles. The van der Waals surface area contributed by atoms with Gasteiger partial charge in [0, 0.05) is 28.7 Å². The molecular weight excluding hydrogens is 247 g/mol. The summed E-state index contributed by atoms with van der Waals surface area (Å²) in [6.07, 6.45) is -1.35. The van der Waals surface area contributed by atoms with Crippen LogP contribution in [0.25, 0.3) is 17.0 Å². The maximum Gasteiger partial charge on any atom is 0.575 e. The molecule has 3 nitrogen and oxygen atoms in total. The Hall–Kier alpha value is -2.24. The van der Waals surface area contributed by atoms with Crippen LogP contribution in [0.4, 0.5) is 13.2 Å². The molecule has 1 N–H and O–H groups in total. The predicted octanol–water partition coefficient (Wildman–Crippen LogP) is 3.24. The van der Waals surface area contributed by atoms with Gasteiger partial charge in [0.2, 0.25) is 0 Å². The number of esters is 1. The number of aromatic amines is 1. The molecule has 0 aliphatic rings. The highest BCUT2D eigenvalue weighted by molar-refractivity contribution is 5.93. The molecule has 0 spiro atoms. The first-order valence-electron chi connectivity index (χ1n) is 4.99. The van der Waals surface area contributed by atoms with Crippen LogP contribution < -0.4 is 0 Å². The summed E-state index contributed by atoms with van der Waals surface area (Å²) in [6, 6.07) is 7.23. The van der Waals surface area contributed by atoms with Crippen LogP contribution in [0.2, 0.25) is 0 Å². The Morgan fingerprint density at radius 2 is 2.00 bits per heavy atom. The molecule has 0 atom stereocenters. The molecule has 1 heterocycles. The lowest BCUT2D eigenvalue weighted by Gasteiger charge is -2.03. The van der Waals surface area contributed by atoms with Gasteiger partial charge < -0.3 is 9.72 Å². The lowest BCUT2D eigenvalue weighted by molar-refractivity contribution is -0.302. The number of ether oxygens (including phenoxy) is 1. The summed E-state index contributed by atoms with van der Waals surface area (Å²) in [6.45, 7) is 0. The van der Waals surface area contributed by atoms with E-state index in [1.54, 1.807) is 18.3 Å². The molecule has 0 aliphatic carbocycles. The van der Waals surface area contributed by atoms with Crippen molar-refractivity contribution >= 4 is 22.9 Å². The first-order valence-corrected chi connectivity index (χ1v) is 4.99. The van der Waals surface area contributed by atoms with E-state index in [2.05, 4.69) is 9.72 Å². The minimum absolute atomic E-state index is 0.615. The second-order valence-corrected chi connectivity index (χ2v) is 3.49. The predicted molar refractivity (Wildman–Crippen MR) is 59.5 cm³/mol. The van der Waals surface area contributed by atoms with E-state index in [4.69, 9.17) is 0 Å². The molecule has 0 fully saturated rings. The van der Waals surface area contributed by atoms with Crippen LogP contribution in [0.3, 0.4) is 0 Å². The molecule has 0 saturated heterocycles. The van der Waals surface area contributed by atoms with Crippen molar-refractivity contribution in [3.05, 3.63) is 42.1 Å². The number of halogens is 3. The van der Waals surface area contributed by atoms with Crippen molar-refractivity contribution in [3.8, 4) is 0 Å². The lowest BCUT2D eigenvalue weighted by atomic mass is 10.1. The van der Waals surface area contributed by atoms with Gasteiger partial charge in [0.05, 0.1) is 0 Å². The molecule has 0 amide bonds. The second kappa shape index (κ2) is 4.56. The third-order valence-corrected chi connectivity index (χ3v) is 2.24. The smallest absolute Gasteiger partial charge is 0.370 e. The summed E-state index contributed by atoms with van der Waals surface area (Å²) in [7, 11) is 0. The zero-order chi connectivity index (χ0) is 13.2. The number of aromatic nitrogens is 1. The molecule has 2 aromatic rings. The summed E-state index contributed by atoms with van der Waals surface area (Å²) in [5, 5.41) is 0.813. The Morgan fingerprint density at radius 1 is 1.28 bits per heavy atom. The number of hydrogen-bond donors (Lipinski definition) is 1. The van der Waals surface area contributed by atoms with Crippen molar-refractivity contribution in [2.24, 2.45) is 0 Å². The van der Waals surface area contributed by atoms with Gasteiger partial charge in [-0.1, -0.05) is 18.2 Å². The number of carbonyl (C=O) groups is 1. The minimum atomic E-state index is -4.96. The summed E-state index contributed by atoms with van der Waals surface area (Å²) in [5.41, 5.74) is 1.45. The number of benzene rings is 1. The van der Waals surface area contributed by atoms with Crippen LogP contribution in [0.15, 0.2) is 36.5 Å². The fourth-order valence-corrected chi connectivity index (χ4v) is 1.54. The first kappa shape index (κ1) is 12.2. The molecule has 18 heavy (non-hydrogen) atoms. The number of carbonyl (C=O) groups excluding carboxylic acids is 1. The van der Waals surface area contributed by atoms with Crippen molar-refractivity contribution in [3.63, 3.8) is 0 Å². The standard InChI is InChI=1S/C12H8F3NO2/c13-12(14,15)18-11(17)6-5-8-7-16-10-4-2-1-3-9(8)10/h1-7,16H. The number of rotatable bonds is 2. The topological polar surface area (TPSA) is 42.1 Å². The molecule has 1 aromatic carbocycles. The van der Waals surface area contributed by atoms with Crippen LogP contribution >= 0.6 is 0 Å². The summed E-state index contributed by atoms with van der Waals surface area (Å²) in [4.78, 5) is 13.8. The Labute approximate surface area is 99.9 Å². The van der Waals surface area contributed by atoms with Gasteiger partial charge in [0.25, 0.3) is 0 Å². The highest BCUT2D eigenvalue weighted by Gasteiger charge is 2.32. The number of para-hydroxylation sites is 1. The van der Waals surface area contributed by atoms with E-state index < -0.39 is 12.3 Å². The quantitative estimate of drug-likeness (QED) is 0.661. The minimum Gasteiger partial charge on any atom is -0.370 e. The Balaban J connectivity index is 2.16. The van der Waals surface area contributed by atoms with Crippen molar-refractivity contribution < 1.29 is 22.7 Å². The third kappa shape index (κ3) is 2.91. The van der Waals surface area contributed by atoms with E-state index in [0.29, 0.717) is 5.56 Å². The summed E-state index contributed by atoms with van der Waals surface area (Å²) >= 11 is 0. The molecule has 0 aliphatic heterocycles. The molecule has 0 saturated carbocycles. The number of fused-ring (bicyclic) bond motifs is 1. The van der Waals surface area contributed by atoms with Crippen molar-refractivity contribution in [2.45, 2.75) is 6.36 Å². The van der Waals surface area contributed by atoms with E-state index in [0.717, 1.165) is 17.0 Å². The zero-order valence-corrected chi connectivity index (χ0v) is 8.99. The van der Waals surface area contributed by atoms with Crippen LogP contribution in [-0.2, 0) is 9.53 Å². The number of hydrogen-bond acceptors (Lipinski definition) is 2. The van der Waals surface area contributed by atoms with Crippen molar-refractivity contribution in [1.82, 2.24) is 4.98 Å². The summed E-state index contributed by atoms with van der Waals surface area (Å²) in [5.74, 6) is -1.45. The SMILES string of the molecule is O=C(C=Cc1c[nH]c2ccccc12)OC(F)(F)F. The largest absolute Gasteiger partial charge is 0.575 e. The highest BCUT2D eigenvalue weighted by Crippen LogP contribution is 2.20. The van der Waals surface area contributed by atoms with Crippen LogP contribution in [0.1, 0.15) is 5.56 Å². The Kier molecular flexibility index (Phi) is 3.10. The monoisotopic (exact) mass is 255 g/mol. The van der Waals surface area contributed by atoms with Crippen LogP contribution in [0.5, 0.6) is 0 Å². The van der Waals surface area contributed by atoms with Crippen LogP contribution in [0, 0.1) is 0 Å². The molecular formula is C12H8F3NO2. The van der Waals surface area contributed by atoms with E-state index in [-0.39, 0.29) is 0 Å². The molecule has 6 heteroatoms. The van der Waals surface area contributed by atoms with Gasteiger partial charge in [0.15, 0.2) is 0 Å². The van der Waals surface area contributed by atoms with Gasteiger partial charge in [-0.05, 0) is 12.1 Å². The van der Waals surface area contributed by atoms with Gasteiger partial charge in [-0.15, -0.1) is 13.2 Å². The molecule has 0 unspecified atom stereocenters. The Morgan fingerprint density at radius 3 is 2.72 bits per heavy atom. The van der Waals surface area contributed by atoms with Gasteiger partial charge >= 0.3 is 12.3 Å². The average Bonchev–Trinajstić information content (AvgIpc) is 2.67. The van der Waals surface area contributed by atoms with Crippen molar-refractivity contribution in [2.75, 3.05) is 0 Å². The van der Waals surface area contributed by atoms with E-state index in [9.17, 15) is 18.0 Å².